The van der Waals surface area contributed by atoms with Crippen LogP contribution in [-0.2, 0) is 20.4 Å². The van der Waals surface area contributed by atoms with Crippen molar-refractivity contribution in [2.75, 3.05) is 49.7 Å². The van der Waals surface area contributed by atoms with Crippen LogP contribution in [0.2, 0.25) is 5.02 Å². The highest BCUT2D eigenvalue weighted by atomic mass is 35.5. The lowest BCUT2D eigenvalue weighted by atomic mass is 9.76. The number of hydrogen-bond donors (Lipinski definition) is 1. The number of hydrogen-bond acceptors (Lipinski definition) is 5. The Kier molecular flexibility index (Phi) is 9.84. The fourth-order valence-electron chi connectivity index (χ4n) is 5.78. The Bertz CT molecular complexity index is 1380. The monoisotopic (exact) mass is 616 g/mol. The largest absolute Gasteiger partial charge is 0.484 e. The molecular formula is C33H36ClF3N2O4. The maximum absolute atomic E-state index is 13.4. The summed E-state index contributed by atoms with van der Waals surface area (Å²) >= 11 is 6.07. The third-order valence-corrected chi connectivity index (χ3v) is 8.40. The van der Waals surface area contributed by atoms with Gasteiger partial charge in [0.25, 0.3) is 5.91 Å². The summed E-state index contributed by atoms with van der Waals surface area (Å²) in [5, 5.41) is 3.33. The van der Waals surface area contributed by atoms with E-state index in [1.807, 2.05) is 29.2 Å². The molecule has 6 nitrogen and oxygen atoms in total. The number of rotatable bonds is 8. The van der Waals surface area contributed by atoms with E-state index in [1.54, 1.807) is 12.1 Å². The first-order valence-electron chi connectivity index (χ1n) is 14.5. The maximum atomic E-state index is 13.4. The van der Waals surface area contributed by atoms with Gasteiger partial charge < -0.3 is 24.4 Å². The third-order valence-electron chi connectivity index (χ3n) is 8.15. The first-order valence-corrected chi connectivity index (χ1v) is 14.9. The first-order chi connectivity index (χ1) is 20.6. The second kappa shape index (κ2) is 13.6. The van der Waals surface area contributed by atoms with Gasteiger partial charge in [0.2, 0.25) is 0 Å². The van der Waals surface area contributed by atoms with Gasteiger partial charge in [-0.2, -0.15) is 13.2 Å². The Balaban J connectivity index is 1.21. The molecule has 0 aliphatic carbocycles. The molecule has 1 N–H and O–H groups in total. The Labute approximate surface area is 255 Å². The number of carbonyl (C=O) groups excluding carboxylic acids is 1. The van der Waals surface area contributed by atoms with Crippen LogP contribution in [0.3, 0.4) is 0 Å². The fraction of sp³-hybridized carbons (Fsp3) is 0.424. The van der Waals surface area contributed by atoms with Crippen molar-refractivity contribution < 1.29 is 32.2 Å². The second-order valence-corrected chi connectivity index (χ2v) is 11.8. The summed E-state index contributed by atoms with van der Waals surface area (Å²) in [6.45, 7) is 6.61. The van der Waals surface area contributed by atoms with Crippen molar-refractivity contribution in [3.63, 3.8) is 0 Å². The van der Waals surface area contributed by atoms with Gasteiger partial charge in [-0.05, 0) is 71.8 Å². The summed E-state index contributed by atoms with van der Waals surface area (Å²) in [6, 6.07) is 18.8. The molecule has 230 valence electrons. The lowest BCUT2D eigenvalue weighted by Gasteiger charge is -2.39. The van der Waals surface area contributed by atoms with Crippen LogP contribution < -0.4 is 15.0 Å². The van der Waals surface area contributed by atoms with Gasteiger partial charge in [0.1, 0.15) is 5.75 Å². The summed E-state index contributed by atoms with van der Waals surface area (Å²) in [6.07, 6.45) is -3.61. The lowest BCUT2D eigenvalue weighted by molar-refractivity contribution is -0.137. The topological polar surface area (TPSA) is 60.0 Å². The van der Waals surface area contributed by atoms with E-state index in [2.05, 4.69) is 31.3 Å². The van der Waals surface area contributed by atoms with Crippen LogP contribution in [0.25, 0.3) is 0 Å². The quantitative estimate of drug-likeness (QED) is 0.281. The highest BCUT2D eigenvalue weighted by Crippen LogP contribution is 2.44. The van der Waals surface area contributed by atoms with Crippen LogP contribution in [0.15, 0.2) is 66.7 Å². The van der Waals surface area contributed by atoms with E-state index >= 15 is 0 Å². The smallest absolute Gasteiger partial charge is 0.416 e. The van der Waals surface area contributed by atoms with Crippen molar-refractivity contribution in [1.82, 2.24) is 0 Å². The van der Waals surface area contributed by atoms with Gasteiger partial charge in [0.05, 0.1) is 42.9 Å². The zero-order chi connectivity index (χ0) is 30.6. The van der Waals surface area contributed by atoms with Crippen LogP contribution in [0, 0.1) is 11.8 Å². The molecule has 2 saturated heterocycles. The third kappa shape index (κ3) is 7.82. The molecule has 3 atom stereocenters. The van der Waals surface area contributed by atoms with Gasteiger partial charge in [0.15, 0.2) is 6.61 Å². The van der Waals surface area contributed by atoms with E-state index in [9.17, 15) is 18.0 Å². The van der Waals surface area contributed by atoms with Crippen molar-refractivity contribution in [3.05, 3.63) is 88.4 Å². The van der Waals surface area contributed by atoms with Crippen molar-refractivity contribution in [2.45, 2.75) is 38.5 Å². The van der Waals surface area contributed by atoms with E-state index in [0.717, 1.165) is 24.1 Å². The Hall–Kier alpha value is -3.27. The predicted molar refractivity (Wildman–Crippen MR) is 161 cm³/mol. The average Bonchev–Trinajstić information content (AvgIpc) is 3.00. The number of nitrogens with one attached hydrogen (secondary N) is 1. The number of ether oxygens (including phenoxy) is 3. The summed E-state index contributed by atoms with van der Waals surface area (Å²) in [4.78, 5) is 14.7. The highest BCUT2D eigenvalue weighted by molar-refractivity contribution is 6.30. The molecule has 0 saturated carbocycles. The van der Waals surface area contributed by atoms with Crippen LogP contribution in [0.4, 0.5) is 24.5 Å². The van der Waals surface area contributed by atoms with Crippen molar-refractivity contribution in [3.8, 4) is 5.75 Å². The number of carbonyl (C=O) groups is 1. The van der Waals surface area contributed by atoms with Gasteiger partial charge in [0, 0.05) is 24.0 Å². The molecule has 2 heterocycles. The van der Waals surface area contributed by atoms with Crippen molar-refractivity contribution in [1.29, 1.82) is 0 Å². The molecular weight excluding hydrogens is 581 g/mol. The zero-order valence-electron chi connectivity index (χ0n) is 24.2. The van der Waals surface area contributed by atoms with Gasteiger partial charge in [-0.3, -0.25) is 4.79 Å². The maximum Gasteiger partial charge on any atom is 0.416 e. The zero-order valence-corrected chi connectivity index (χ0v) is 25.0. The molecule has 10 heteroatoms. The average molecular weight is 617 g/mol. The Morgan fingerprint density at radius 1 is 1.02 bits per heavy atom. The molecule has 2 aliphatic heterocycles. The lowest BCUT2D eigenvalue weighted by Crippen LogP contribution is -2.37. The number of benzene rings is 3. The van der Waals surface area contributed by atoms with E-state index in [0.29, 0.717) is 67.1 Å². The van der Waals surface area contributed by atoms with E-state index < -0.39 is 17.6 Å². The van der Waals surface area contributed by atoms with Crippen molar-refractivity contribution >= 4 is 28.9 Å². The summed E-state index contributed by atoms with van der Waals surface area (Å²) in [5.41, 5.74) is 2.02. The number of morpholine rings is 1. The number of alkyl halides is 3. The molecule has 0 spiro atoms. The highest BCUT2D eigenvalue weighted by Gasteiger charge is 2.35. The van der Waals surface area contributed by atoms with Crippen LogP contribution >= 0.6 is 11.6 Å². The number of halogens is 4. The van der Waals surface area contributed by atoms with E-state index in [4.69, 9.17) is 25.8 Å². The predicted octanol–water partition coefficient (Wildman–Crippen LogP) is 7.73. The molecule has 0 aromatic heterocycles. The minimum atomic E-state index is -4.53. The minimum absolute atomic E-state index is 0.0691. The van der Waals surface area contributed by atoms with E-state index in [-0.39, 0.29) is 18.4 Å². The van der Waals surface area contributed by atoms with Crippen molar-refractivity contribution in [2.24, 2.45) is 11.8 Å². The molecule has 2 fully saturated rings. The van der Waals surface area contributed by atoms with Gasteiger partial charge in [-0.15, -0.1) is 0 Å². The van der Waals surface area contributed by atoms with E-state index in [1.165, 1.54) is 11.6 Å². The summed E-state index contributed by atoms with van der Waals surface area (Å²) < 4.78 is 57.7. The molecule has 2 aliphatic rings. The fourth-order valence-corrected chi connectivity index (χ4v) is 5.90. The number of amides is 1. The minimum Gasteiger partial charge on any atom is -0.484 e. The van der Waals surface area contributed by atoms with Gasteiger partial charge in [-0.25, -0.2) is 0 Å². The van der Waals surface area contributed by atoms with Gasteiger partial charge >= 0.3 is 6.18 Å². The van der Waals surface area contributed by atoms with Crippen LogP contribution in [-0.4, -0.2) is 45.4 Å². The van der Waals surface area contributed by atoms with Crippen LogP contribution in [0.5, 0.6) is 5.75 Å². The Morgan fingerprint density at radius 2 is 1.70 bits per heavy atom. The normalized spacial score (nSPS) is 21.1. The molecule has 3 aromatic rings. The standard InChI is InChI=1S/C33H36ClF3N2O4/c1-21(2)28-17-24(22-3-8-26(34)9-4-22)19-43-32(28)23-5-10-27(11-6-23)42-20-31(40)38-29-18-25(33(35,36)37)7-12-30(29)39-13-15-41-16-14-39/h3-12,18,21,24,28,32H,13-17,19-20H2,1-2H3,(H,38,40)/t24-,28-,32-/m0/s1. The number of anilines is 2. The molecule has 5 rings (SSSR count). The summed E-state index contributed by atoms with van der Waals surface area (Å²) in [7, 11) is 0. The second-order valence-electron chi connectivity index (χ2n) is 11.4. The SMILES string of the molecule is CC(C)[C@@H]1C[C@H](c2ccc(Cl)cc2)CO[C@H]1c1ccc(OCC(=O)Nc2cc(C(F)(F)F)ccc2N2CCOCC2)cc1. The molecule has 3 aromatic carbocycles. The molecule has 1 amide bonds. The molecule has 0 radical (unpaired) electrons. The number of nitrogens with zero attached hydrogens (tertiary/aromatic N) is 1. The molecule has 43 heavy (non-hydrogen) atoms. The Morgan fingerprint density at radius 3 is 2.35 bits per heavy atom. The van der Waals surface area contributed by atoms with Crippen LogP contribution in [0.1, 0.15) is 49.0 Å². The van der Waals surface area contributed by atoms with Gasteiger partial charge in [-0.1, -0.05) is 49.7 Å². The molecule has 0 bridgehead atoms. The first kappa shape index (κ1) is 31.2. The molecule has 0 unspecified atom stereocenters. The summed E-state index contributed by atoms with van der Waals surface area (Å²) in [5.74, 6) is 0.926.